The number of hydrogen-bond acceptors (Lipinski definition) is 6. The summed E-state index contributed by atoms with van der Waals surface area (Å²) in [7, 11) is 1.58. The highest BCUT2D eigenvalue weighted by atomic mass is 16.5. The molecular weight excluding hydrogens is 422 g/mol. The van der Waals surface area contributed by atoms with Gasteiger partial charge in [-0.15, -0.1) is 0 Å². The maximum atomic E-state index is 13.2. The van der Waals surface area contributed by atoms with Gasteiger partial charge in [-0.05, 0) is 25.0 Å². The second kappa shape index (κ2) is 7.75. The minimum absolute atomic E-state index is 0.162. The fourth-order valence-electron chi connectivity index (χ4n) is 4.66. The number of H-pyrrole nitrogens is 1. The monoisotopic (exact) mass is 449 g/mol. The fraction of sp³-hybridized carbons (Fsp3) is 0.417. The highest BCUT2D eigenvalue weighted by molar-refractivity contribution is 6.06. The number of para-hydroxylation sites is 1. The van der Waals surface area contributed by atoms with E-state index in [9.17, 15) is 9.59 Å². The van der Waals surface area contributed by atoms with Gasteiger partial charge in [0.25, 0.3) is 11.8 Å². The van der Waals surface area contributed by atoms with Crippen LogP contribution in [0, 0.1) is 0 Å². The molecule has 33 heavy (non-hydrogen) atoms. The number of aromatic nitrogens is 3. The quantitative estimate of drug-likeness (QED) is 0.619. The van der Waals surface area contributed by atoms with Gasteiger partial charge in [0, 0.05) is 37.0 Å². The van der Waals surface area contributed by atoms with Crippen molar-refractivity contribution in [1.29, 1.82) is 0 Å². The summed E-state index contributed by atoms with van der Waals surface area (Å²) in [6.45, 7) is 6.82. The van der Waals surface area contributed by atoms with Gasteiger partial charge in [-0.1, -0.05) is 26.0 Å². The van der Waals surface area contributed by atoms with E-state index in [0.717, 1.165) is 22.2 Å². The third kappa shape index (κ3) is 3.57. The second-order valence-electron chi connectivity index (χ2n) is 9.32. The number of pyridine rings is 1. The molecule has 2 aliphatic heterocycles. The molecule has 0 bridgehead atoms. The van der Waals surface area contributed by atoms with Crippen molar-refractivity contribution < 1.29 is 19.1 Å². The van der Waals surface area contributed by atoms with Crippen LogP contribution in [0.5, 0.6) is 11.5 Å². The summed E-state index contributed by atoms with van der Waals surface area (Å²) in [6, 6.07) is 7.43. The summed E-state index contributed by atoms with van der Waals surface area (Å²) in [5.41, 5.74) is 2.43. The number of nitrogens with zero attached hydrogens (tertiary/aromatic N) is 3. The number of amides is 2. The molecule has 0 aliphatic carbocycles. The van der Waals surface area contributed by atoms with Crippen LogP contribution in [0.4, 0.5) is 0 Å². The number of methoxy groups -OCH3 is 1. The maximum Gasteiger partial charge on any atom is 0.273 e. The maximum absolute atomic E-state index is 13.2. The minimum atomic E-state index is -0.618. The summed E-state index contributed by atoms with van der Waals surface area (Å²) in [4.78, 5) is 32.2. The van der Waals surface area contributed by atoms with Gasteiger partial charge < -0.3 is 19.7 Å². The Morgan fingerprint density at radius 3 is 2.82 bits per heavy atom. The first-order valence-electron chi connectivity index (χ1n) is 11.1. The fourth-order valence-corrected chi connectivity index (χ4v) is 4.66. The van der Waals surface area contributed by atoms with Crippen LogP contribution in [0.3, 0.4) is 0 Å². The molecule has 1 aromatic carbocycles. The SMILES string of the molecule is COc1cccc2c1OC(C(=O)NC1(C)CN(C(=O)c3nccc4n[nH]c(C(C)C)c34)C1)C2. The number of aromatic amines is 1. The third-order valence-electron chi connectivity index (χ3n) is 6.31. The van der Waals surface area contributed by atoms with Gasteiger partial charge in [-0.3, -0.25) is 19.7 Å². The van der Waals surface area contributed by atoms with Crippen LogP contribution in [-0.4, -0.2) is 63.7 Å². The highest BCUT2D eigenvalue weighted by Crippen LogP contribution is 2.38. The Kier molecular flexibility index (Phi) is 4.99. The standard InChI is InChI=1S/C24H27N5O4/c1-13(2)19-18-15(27-28-19)8-9-25-20(18)23(31)29-11-24(3,12-29)26-22(30)17-10-14-6-5-7-16(32-4)21(14)33-17/h5-9,13,17H,10-12H2,1-4H3,(H,26,30)(H,27,28). The van der Waals surface area contributed by atoms with Crippen molar-refractivity contribution in [1.82, 2.24) is 25.4 Å². The highest BCUT2D eigenvalue weighted by Gasteiger charge is 2.45. The van der Waals surface area contributed by atoms with E-state index in [4.69, 9.17) is 9.47 Å². The van der Waals surface area contributed by atoms with Crippen LogP contribution in [-0.2, 0) is 11.2 Å². The number of hydrogen-bond donors (Lipinski definition) is 2. The summed E-state index contributed by atoms with van der Waals surface area (Å²) in [6.07, 6.45) is 1.47. The zero-order chi connectivity index (χ0) is 23.3. The van der Waals surface area contributed by atoms with Crippen molar-refractivity contribution in [3.63, 3.8) is 0 Å². The number of rotatable bonds is 5. The molecule has 0 saturated carbocycles. The summed E-state index contributed by atoms with van der Waals surface area (Å²) >= 11 is 0. The first-order valence-corrected chi connectivity index (χ1v) is 11.1. The lowest BCUT2D eigenvalue weighted by atomic mass is 9.90. The van der Waals surface area contributed by atoms with Crippen molar-refractivity contribution in [2.45, 2.75) is 44.8 Å². The average Bonchev–Trinajstić information content (AvgIpc) is 3.41. The Balaban J connectivity index is 1.26. The van der Waals surface area contributed by atoms with Gasteiger partial charge in [0.15, 0.2) is 17.6 Å². The number of ether oxygens (including phenoxy) is 2. The van der Waals surface area contributed by atoms with Crippen LogP contribution in [0.25, 0.3) is 10.9 Å². The largest absolute Gasteiger partial charge is 0.493 e. The summed E-state index contributed by atoms with van der Waals surface area (Å²) in [5.74, 6) is 1.07. The molecule has 1 atom stereocenters. The molecule has 2 N–H and O–H groups in total. The van der Waals surface area contributed by atoms with Gasteiger partial charge in [0.2, 0.25) is 0 Å². The van der Waals surface area contributed by atoms with E-state index in [1.807, 2.05) is 39.0 Å². The number of likely N-dealkylation sites (tertiary alicyclic amines) is 1. The summed E-state index contributed by atoms with van der Waals surface area (Å²) < 4.78 is 11.2. The molecule has 0 radical (unpaired) electrons. The molecule has 2 aliphatic rings. The molecule has 1 unspecified atom stereocenters. The molecule has 2 amide bonds. The number of carbonyl (C=O) groups is 2. The van der Waals surface area contributed by atoms with Crippen molar-refractivity contribution in [3.8, 4) is 11.5 Å². The normalized spacial score (nSPS) is 18.6. The van der Waals surface area contributed by atoms with E-state index >= 15 is 0 Å². The van der Waals surface area contributed by atoms with E-state index in [1.54, 1.807) is 24.3 Å². The van der Waals surface area contributed by atoms with Crippen molar-refractivity contribution in [2.75, 3.05) is 20.2 Å². The second-order valence-corrected chi connectivity index (χ2v) is 9.32. The van der Waals surface area contributed by atoms with Crippen LogP contribution in [0.1, 0.15) is 48.4 Å². The van der Waals surface area contributed by atoms with E-state index < -0.39 is 11.6 Å². The molecule has 1 saturated heterocycles. The van der Waals surface area contributed by atoms with E-state index in [0.29, 0.717) is 36.7 Å². The molecule has 2 aromatic heterocycles. The topological polar surface area (TPSA) is 109 Å². The van der Waals surface area contributed by atoms with Crippen LogP contribution in [0.15, 0.2) is 30.5 Å². The van der Waals surface area contributed by atoms with Crippen molar-refractivity contribution in [2.24, 2.45) is 0 Å². The Morgan fingerprint density at radius 2 is 2.09 bits per heavy atom. The minimum Gasteiger partial charge on any atom is -0.493 e. The molecule has 172 valence electrons. The predicted octanol–water partition coefficient (Wildman–Crippen LogP) is 2.42. The first-order chi connectivity index (χ1) is 15.8. The molecule has 1 fully saturated rings. The molecule has 9 nitrogen and oxygen atoms in total. The Morgan fingerprint density at radius 1 is 1.30 bits per heavy atom. The zero-order valence-corrected chi connectivity index (χ0v) is 19.1. The van der Waals surface area contributed by atoms with Gasteiger partial charge in [-0.25, -0.2) is 0 Å². The first kappa shape index (κ1) is 21.2. The van der Waals surface area contributed by atoms with Crippen LogP contribution >= 0.6 is 0 Å². The van der Waals surface area contributed by atoms with Gasteiger partial charge in [0.05, 0.1) is 23.6 Å². The van der Waals surface area contributed by atoms with Gasteiger partial charge >= 0.3 is 0 Å². The van der Waals surface area contributed by atoms with Crippen LogP contribution < -0.4 is 14.8 Å². The van der Waals surface area contributed by atoms with E-state index in [1.165, 1.54) is 0 Å². The summed E-state index contributed by atoms with van der Waals surface area (Å²) in [5, 5.41) is 11.2. The van der Waals surface area contributed by atoms with Gasteiger partial charge in [-0.2, -0.15) is 5.10 Å². The Bertz CT molecular complexity index is 1240. The third-order valence-corrected chi connectivity index (χ3v) is 6.31. The number of nitrogens with one attached hydrogen (secondary N) is 2. The Labute approximate surface area is 191 Å². The van der Waals surface area contributed by atoms with Crippen molar-refractivity contribution >= 4 is 22.7 Å². The number of benzene rings is 1. The molecule has 3 aromatic rings. The molecule has 0 spiro atoms. The molecule has 4 heterocycles. The lowest BCUT2D eigenvalue weighted by molar-refractivity contribution is -0.130. The average molecular weight is 450 g/mol. The predicted molar refractivity (Wildman–Crippen MR) is 122 cm³/mol. The smallest absolute Gasteiger partial charge is 0.273 e. The Hall–Kier alpha value is -3.62. The van der Waals surface area contributed by atoms with E-state index in [-0.39, 0.29) is 17.7 Å². The van der Waals surface area contributed by atoms with Gasteiger partial charge in [0.1, 0.15) is 5.69 Å². The molecule has 9 heteroatoms. The number of fused-ring (bicyclic) bond motifs is 2. The zero-order valence-electron chi connectivity index (χ0n) is 19.1. The lowest BCUT2D eigenvalue weighted by Gasteiger charge is -2.48. The lowest BCUT2D eigenvalue weighted by Crippen LogP contribution is -2.70. The number of carbonyl (C=O) groups excluding carboxylic acids is 2. The van der Waals surface area contributed by atoms with E-state index in [2.05, 4.69) is 20.5 Å². The van der Waals surface area contributed by atoms with Crippen LogP contribution in [0.2, 0.25) is 0 Å². The molecular formula is C24H27N5O4. The molecule has 5 rings (SSSR count). The van der Waals surface area contributed by atoms with Crippen molar-refractivity contribution in [3.05, 3.63) is 47.4 Å².